The van der Waals surface area contributed by atoms with E-state index in [4.69, 9.17) is 5.73 Å². The van der Waals surface area contributed by atoms with E-state index in [-0.39, 0.29) is 6.42 Å². The number of carboxylic acid groups (broad SMARTS) is 1. The van der Waals surface area contributed by atoms with Gasteiger partial charge < -0.3 is 21.1 Å². The van der Waals surface area contributed by atoms with Gasteiger partial charge in [-0.05, 0) is 29.1 Å². The lowest BCUT2D eigenvalue weighted by atomic mass is 10.0. The third-order valence-electron chi connectivity index (χ3n) is 3.54. The molecule has 0 spiro atoms. The highest BCUT2D eigenvalue weighted by Crippen LogP contribution is 2.15. The Bertz CT molecular complexity index is 729. The van der Waals surface area contributed by atoms with Crippen molar-refractivity contribution >= 4 is 34.5 Å². The van der Waals surface area contributed by atoms with Crippen LogP contribution in [-0.4, -0.2) is 45.6 Å². The number of nitrogens with two attached hydrogens (primary N) is 1. The fourth-order valence-electron chi connectivity index (χ4n) is 2.30. The Morgan fingerprint density at radius 3 is 2.92 bits per heavy atom. The number of thioether (sulfide) groups is 1. The maximum absolute atomic E-state index is 12.1. The van der Waals surface area contributed by atoms with Crippen LogP contribution in [0.5, 0.6) is 0 Å². The van der Waals surface area contributed by atoms with Gasteiger partial charge in [-0.3, -0.25) is 4.79 Å². The molecular formula is C17H21N3O3S. The van der Waals surface area contributed by atoms with Gasteiger partial charge in [-0.2, -0.15) is 11.8 Å². The zero-order chi connectivity index (χ0) is 17.5. The molecule has 0 radical (unpaired) electrons. The number of aliphatic carboxylic acids is 1. The van der Waals surface area contributed by atoms with E-state index in [9.17, 15) is 14.7 Å². The molecule has 1 aromatic heterocycles. The van der Waals surface area contributed by atoms with E-state index < -0.39 is 24.0 Å². The van der Waals surface area contributed by atoms with Crippen molar-refractivity contribution in [3.05, 3.63) is 48.7 Å². The number of aromatic nitrogens is 1. The van der Waals surface area contributed by atoms with Gasteiger partial charge >= 0.3 is 5.97 Å². The summed E-state index contributed by atoms with van der Waals surface area (Å²) in [5.41, 5.74) is 7.62. The lowest BCUT2D eigenvalue weighted by Gasteiger charge is -2.18. The van der Waals surface area contributed by atoms with E-state index in [1.165, 1.54) is 11.8 Å². The minimum absolute atomic E-state index is 0.203. The van der Waals surface area contributed by atoms with Crippen molar-refractivity contribution in [2.45, 2.75) is 18.5 Å². The molecule has 0 fully saturated rings. The molecule has 1 aromatic carbocycles. The van der Waals surface area contributed by atoms with E-state index in [1.807, 2.05) is 30.5 Å². The topological polar surface area (TPSA) is 108 Å². The summed E-state index contributed by atoms with van der Waals surface area (Å²) in [7, 11) is 0. The maximum atomic E-state index is 12.1. The second-order valence-corrected chi connectivity index (χ2v) is 6.51. The molecule has 6 nitrogen and oxygen atoms in total. The van der Waals surface area contributed by atoms with Gasteiger partial charge in [0.05, 0.1) is 6.04 Å². The van der Waals surface area contributed by atoms with Crippen molar-refractivity contribution in [2.24, 2.45) is 5.73 Å². The van der Waals surface area contributed by atoms with Crippen LogP contribution < -0.4 is 11.1 Å². The number of nitrogens with one attached hydrogen (secondary N) is 2. The van der Waals surface area contributed by atoms with E-state index in [2.05, 4.69) is 16.9 Å². The second-order valence-electron chi connectivity index (χ2n) is 5.44. The summed E-state index contributed by atoms with van der Waals surface area (Å²) in [6.45, 7) is 3.60. The fraction of sp³-hybridized carbons (Fsp3) is 0.294. The Hall–Kier alpha value is -2.25. The molecule has 1 heterocycles. The van der Waals surface area contributed by atoms with Gasteiger partial charge in [0.15, 0.2) is 0 Å². The predicted octanol–water partition coefficient (Wildman–Crippen LogP) is 1.53. The molecule has 0 bridgehead atoms. The highest BCUT2D eigenvalue weighted by atomic mass is 32.2. The Kier molecular flexibility index (Phi) is 6.45. The quantitative estimate of drug-likeness (QED) is 0.406. The summed E-state index contributed by atoms with van der Waals surface area (Å²) in [4.78, 5) is 26.6. The minimum atomic E-state index is -1.08. The first-order valence-electron chi connectivity index (χ1n) is 7.54. The maximum Gasteiger partial charge on any atom is 0.326 e. The second kappa shape index (κ2) is 8.56. The zero-order valence-corrected chi connectivity index (χ0v) is 14.0. The standard InChI is InChI=1S/C17H21N3O3S/c1-2-7-24-10-13(18)16(21)20-15(17(22)23)9-11-3-4-14-12(8-11)5-6-19-14/h2-6,8,13,15,19H,1,7,9-10,18H2,(H,20,21)(H,22,23)/t13?,15-/m0/s1. The van der Waals surface area contributed by atoms with Crippen molar-refractivity contribution in [1.29, 1.82) is 0 Å². The highest BCUT2D eigenvalue weighted by Gasteiger charge is 2.23. The van der Waals surface area contributed by atoms with Crippen molar-refractivity contribution in [1.82, 2.24) is 10.3 Å². The lowest BCUT2D eigenvalue weighted by molar-refractivity contribution is -0.141. The summed E-state index contributed by atoms with van der Waals surface area (Å²) < 4.78 is 0. The molecule has 1 amide bonds. The first kappa shape index (κ1) is 18.1. The summed E-state index contributed by atoms with van der Waals surface area (Å²) >= 11 is 1.48. The first-order valence-corrected chi connectivity index (χ1v) is 8.70. The van der Waals surface area contributed by atoms with Crippen LogP contribution in [0.1, 0.15) is 5.56 Å². The van der Waals surface area contributed by atoms with Gasteiger partial charge in [0.2, 0.25) is 5.91 Å². The molecule has 0 saturated carbocycles. The summed E-state index contributed by atoms with van der Waals surface area (Å²) in [5.74, 6) is -0.426. The SMILES string of the molecule is C=CCSCC(N)C(=O)N[C@@H](Cc1ccc2[nH]ccc2c1)C(=O)O. The molecule has 5 N–H and O–H groups in total. The molecule has 0 aliphatic carbocycles. The van der Waals surface area contributed by atoms with E-state index in [1.54, 1.807) is 6.08 Å². The van der Waals surface area contributed by atoms with Crippen LogP contribution in [0.15, 0.2) is 43.1 Å². The molecule has 2 aromatic rings. The lowest BCUT2D eigenvalue weighted by Crippen LogP contribution is -2.50. The highest BCUT2D eigenvalue weighted by molar-refractivity contribution is 7.99. The van der Waals surface area contributed by atoms with Crippen LogP contribution in [0.25, 0.3) is 10.9 Å². The van der Waals surface area contributed by atoms with Crippen LogP contribution in [-0.2, 0) is 16.0 Å². The number of rotatable bonds is 9. The van der Waals surface area contributed by atoms with Gasteiger partial charge in [-0.1, -0.05) is 12.1 Å². The normalized spacial score (nSPS) is 13.4. The number of fused-ring (bicyclic) bond motifs is 1. The van der Waals surface area contributed by atoms with E-state index in [0.29, 0.717) is 11.5 Å². The molecule has 2 atom stereocenters. The van der Waals surface area contributed by atoms with Gasteiger partial charge in [0.25, 0.3) is 0 Å². The average molecular weight is 347 g/mol. The summed E-state index contributed by atoms with van der Waals surface area (Å²) in [6.07, 6.45) is 3.76. The monoisotopic (exact) mass is 347 g/mol. The Labute approximate surface area is 144 Å². The van der Waals surface area contributed by atoms with Crippen molar-refractivity contribution in [3.8, 4) is 0 Å². The Balaban J connectivity index is 1.99. The van der Waals surface area contributed by atoms with Crippen LogP contribution in [0.2, 0.25) is 0 Å². The van der Waals surface area contributed by atoms with Crippen LogP contribution in [0.3, 0.4) is 0 Å². The first-order chi connectivity index (χ1) is 11.5. The zero-order valence-electron chi connectivity index (χ0n) is 13.2. The fourth-order valence-corrected chi connectivity index (χ4v) is 3.01. The Morgan fingerprint density at radius 1 is 1.42 bits per heavy atom. The molecule has 128 valence electrons. The smallest absolute Gasteiger partial charge is 0.326 e. The molecule has 0 aliphatic rings. The third-order valence-corrected chi connectivity index (χ3v) is 4.61. The third kappa shape index (κ3) is 4.87. The van der Waals surface area contributed by atoms with Gasteiger partial charge in [0.1, 0.15) is 6.04 Å². The molecule has 0 aliphatic heterocycles. The molecular weight excluding hydrogens is 326 g/mol. The molecule has 2 rings (SSSR count). The van der Waals surface area contributed by atoms with Crippen molar-refractivity contribution in [2.75, 3.05) is 11.5 Å². The van der Waals surface area contributed by atoms with Crippen molar-refractivity contribution in [3.63, 3.8) is 0 Å². The van der Waals surface area contributed by atoms with E-state index >= 15 is 0 Å². The molecule has 7 heteroatoms. The van der Waals surface area contributed by atoms with Gasteiger partial charge in [0, 0.05) is 29.6 Å². The number of benzene rings is 1. The van der Waals surface area contributed by atoms with Crippen LogP contribution in [0.4, 0.5) is 0 Å². The number of hydrogen-bond acceptors (Lipinski definition) is 4. The largest absolute Gasteiger partial charge is 0.480 e. The molecule has 24 heavy (non-hydrogen) atoms. The van der Waals surface area contributed by atoms with Crippen LogP contribution >= 0.6 is 11.8 Å². The summed E-state index contributed by atoms with van der Waals surface area (Å²) in [6, 6.07) is 5.81. The average Bonchev–Trinajstić information content (AvgIpc) is 3.01. The summed E-state index contributed by atoms with van der Waals surface area (Å²) in [5, 5.41) is 12.9. The number of aromatic amines is 1. The number of amides is 1. The Morgan fingerprint density at radius 2 is 2.21 bits per heavy atom. The molecule has 0 saturated heterocycles. The van der Waals surface area contributed by atoms with Gasteiger partial charge in [-0.15, -0.1) is 6.58 Å². The predicted molar refractivity (Wildman–Crippen MR) is 97.1 cm³/mol. The number of carbonyl (C=O) groups excluding carboxylic acids is 1. The number of carboxylic acids is 1. The number of carbonyl (C=O) groups is 2. The number of H-pyrrole nitrogens is 1. The van der Waals surface area contributed by atoms with E-state index in [0.717, 1.165) is 16.5 Å². The van der Waals surface area contributed by atoms with Crippen LogP contribution in [0, 0.1) is 0 Å². The van der Waals surface area contributed by atoms with Crippen molar-refractivity contribution < 1.29 is 14.7 Å². The minimum Gasteiger partial charge on any atom is -0.480 e. The molecule has 1 unspecified atom stereocenters. The van der Waals surface area contributed by atoms with Gasteiger partial charge in [-0.25, -0.2) is 4.79 Å². The number of hydrogen-bond donors (Lipinski definition) is 4.